The molecule has 10 heteroatoms. The third-order valence-corrected chi connectivity index (χ3v) is 5.31. The molecule has 0 amide bonds. The fourth-order valence-corrected chi connectivity index (χ4v) is 4.06. The van der Waals surface area contributed by atoms with Gasteiger partial charge in [-0.15, -0.1) is 0 Å². The number of hydrogen-bond donors (Lipinski definition) is 2. The second kappa shape index (κ2) is 7.12. The van der Waals surface area contributed by atoms with Gasteiger partial charge in [0.15, 0.2) is 11.5 Å². The molecule has 5 aromatic rings. The number of aromatic hydroxyl groups is 2. The normalized spacial score (nSPS) is 11.4. The minimum absolute atomic E-state index is 0.0850. The van der Waals surface area contributed by atoms with E-state index in [1.54, 1.807) is 55.9 Å². The number of nitrogens with zero attached hydrogens (tertiary/aromatic N) is 8. The Kier molecular flexibility index (Phi) is 4.36. The van der Waals surface area contributed by atoms with E-state index in [0.717, 1.165) is 22.8 Å². The molecular weight excluding hydrogens is 408 g/mol. The first-order chi connectivity index (χ1) is 15.4. The third kappa shape index (κ3) is 2.88. The maximum atomic E-state index is 11.7. The van der Waals surface area contributed by atoms with Crippen molar-refractivity contribution >= 4 is 0 Å². The van der Waals surface area contributed by atoms with E-state index >= 15 is 0 Å². The van der Waals surface area contributed by atoms with Crippen LogP contribution in [-0.2, 0) is 0 Å². The van der Waals surface area contributed by atoms with Crippen molar-refractivity contribution in [3.05, 3.63) is 72.4 Å². The van der Waals surface area contributed by atoms with Crippen LogP contribution in [0.5, 0.6) is 11.5 Å². The third-order valence-electron chi connectivity index (χ3n) is 5.31. The Hall–Kier alpha value is -4.34. The molecule has 0 aliphatic heterocycles. The highest BCUT2D eigenvalue weighted by Crippen LogP contribution is 2.46. The molecular formula is C22H22N8O2. The van der Waals surface area contributed by atoms with Gasteiger partial charge >= 0.3 is 0 Å². The van der Waals surface area contributed by atoms with Crippen LogP contribution in [0.25, 0.3) is 22.7 Å². The summed E-state index contributed by atoms with van der Waals surface area (Å²) < 4.78 is 6.53. The van der Waals surface area contributed by atoms with E-state index in [1.807, 2.05) is 39.8 Å². The molecule has 0 saturated heterocycles. The molecule has 5 rings (SSSR count). The molecule has 0 saturated carbocycles. The standard InChI is InChI=1S/C22H22N8O2/c1-13-9-15(3)29(25-13)19-20(30-16(4)10-14(2)26-30)22(32)18(28-8-6-24-12-28)17(21(19)31)27-7-5-23-11-27/h5-12,31-32H,1-4H3. The van der Waals surface area contributed by atoms with Crippen molar-refractivity contribution < 1.29 is 10.2 Å². The van der Waals surface area contributed by atoms with E-state index in [2.05, 4.69) is 20.2 Å². The Labute approximate surface area is 183 Å². The van der Waals surface area contributed by atoms with Crippen LogP contribution in [0, 0.1) is 27.7 Å². The van der Waals surface area contributed by atoms with Crippen molar-refractivity contribution in [3.63, 3.8) is 0 Å². The first-order valence-corrected chi connectivity index (χ1v) is 10.0. The molecule has 0 unspecified atom stereocenters. The largest absolute Gasteiger partial charge is 0.504 e. The van der Waals surface area contributed by atoms with Gasteiger partial charge in [0.05, 0.1) is 24.0 Å². The monoisotopic (exact) mass is 430 g/mol. The van der Waals surface area contributed by atoms with Crippen LogP contribution in [0.15, 0.2) is 49.6 Å². The van der Waals surface area contributed by atoms with E-state index in [1.165, 1.54) is 0 Å². The Bertz CT molecular complexity index is 1320. The Balaban J connectivity index is 1.99. The maximum Gasteiger partial charge on any atom is 0.170 e. The van der Waals surface area contributed by atoms with Crippen molar-refractivity contribution in [3.8, 4) is 34.2 Å². The Morgan fingerprint density at radius 1 is 0.625 bits per heavy atom. The minimum Gasteiger partial charge on any atom is -0.504 e. The highest BCUT2D eigenvalue weighted by atomic mass is 16.3. The molecule has 0 aliphatic carbocycles. The average Bonchev–Trinajstić information content (AvgIpc) is 3.52. The van der Waals surface area contributed by atoms with Crippen molar-refractivity contribution in [2.24, 2.45) is 0 Å². The van der Waals surface area contributed by atoms with Crippen LogP contribution < -0.4 is 0 Å². The van der Waals surface area contributed by atoms with Crippen LogP contribution in [0.1, 0.15) is 22.8 Å². The lowest BCUT2D eigenvalue weighted by Crippen LogP contribution is -2.13. The van der Waals surface area contributed by atoms with E-state index in [0.29, 0.717) is 22.7 Å². The van der Waals surface area contributed by atoms with Crippen LogP contribution in [-0.4, -0.2) is 48.9 Å². The number of phenolic OH excluding ortho intramolecular Hbond substituents is 2. The van der Waals surface area contributed by atoms with Crippen molar-refractivity contribution in [2.45, 2.75) is 27.7 Å². The van der Waals surface area contributed by atoms with E-state index in [9.17, 15) is 10.2 Å². The van der Waals surface area contributed by atoms with Crippen molar-refractivity contribution in [2.75, 3.05) is 0 Å². The lowest BCUT2D eigenvalue weighted by molar-refractivity contribution is 0.446. The maximum absolute atomic E-state index is 11.7. The minimum atomic E-state index is -0.0850. The fourth-order valence-electron chi connectivity index (χ4n) is 4.06. The summed E-state index contributed by atoms with van der Waals surface area (Å²) in [6.07, 6.45) is 9.72. The van der Waals surface area contributed by atoms with Gasteiger partial charge in [0.25, 0.3) is 0 Å². The molecule has 0 spiro atoms. The first-order valence-electron chi connectivity index (χ1n) is 10.0. The summed E-state index contributed by atoms with van der Waals surface area (Å²) in [6.45, 7) is 7.53. The Morgan fingerprint density at radius 2 is 1.03 bits per heavy atom. The molecule has 1 aromatic carbocycles. The van der Waals surface area contributed by atoms with Crippen molar-refractivity contribution in [1.82, 2.24) is 38.7 Å². The lowest BCUT2D eigenvalue weighted by Gasteiger charge is -2.23. The lowest BCUT2D eigenvalue weighted by atomic mass is 10.1. The zero-order valence-electron chi connectivity index (χ0n) is 18.1. The number of rotatable bonds is 4. The van der Waals surface area contributed by atoms with Crippen molar-refractivity contribution in [1.29, 1.82) is 0 Å². The number of imidazole rings is 2. The van der Waals surface area contributed by atoms with Gasteiger partial charge in [0, 0.05) is 36.2 Å². The molecule has 10 nitrogen and oxygen atoms in total. The molecule has 32 heavy (non-hydrogen) atoms. The molecule has 0 radical (unpaired) electrons. The van der Waals surface area contributed by atoms with Gasteiger partial charge in [-0.05, 0) is 39.8 Å². The predicted molar refractivity (Wildman–Crippen MR) is 117 cm³/mol. The molecule has 4 heterocycles. The zero-order valence-corrected chi connectivity index (χ0v) is 18.1. The van der Waals surface area contributed by atoms with Gasteiger partial charge in [-0.3, -0.25) is 0 Å². The zero-order chi connectivity index (χ0) is 22.6. The number of phenols is 2. The highest BCUT2D eigenvalue weighted by Gasteiger charge is 2.30. The van der Waals surface area contributed by atoms with Gasteiger partial charge in [-0.1, -0.05) is 0 Å². The van der Waals surface area contributed by atoms with Gasteiger partial charge in [0.1, 0.15) is 22.7 Å². The van der Waals surface area contributed by atoms with E-state index < -0.39 is 0 Å². The molecule has 0 fully saturated rings. The first kappa shape index (κ1) is 19.6. The number of benzene rings is 1. The number of hydrogen-bond acceptors (Lipinski definition) is 6. The highest BCUT2D eigenvalue weighted by molar-refractivity contribution is 5.82. The quantitative estimate of drug-likeness (QED) is 0.424. The summed E-state index contributed by atoms with van der Waals surface area (Å²) >= 11 is 0. The van der Waals surface area contributed by atoms with Crippen LogP contribution >= 0.6 is 0 Å². The van der Waals surface area contributed by atoms with E-state index in [-0.39, 0.29) is 11.5 Å². The topological polar surface area (TPSA) is 112 Å². The molecule has 0 atom stereocenters. The summed E-state index contributed by atoms with van der Waals surface area (Å²) in [7, 11) is 0. The second-order valence-corrected chi connectivity index (χ2v) is 7.71. The summed E-state index contributed by atoms with van der Waals surface area (Å²) in [4.78, 5) is 8.24. The number of aryl methyl sites for hydroxylation is 4. The van der Waals surface area contributed by atoms with Gasteiger partial charge < -0.3 is 19.3 Å². The Morgan fingerprint density at radius 3 is 1.31 bits per heavy atom. The van der Waals surface area contributed by atoms with E-state index in [4.69, 9.17) is 0 Å². The summed E-state index contributed by atoms with van der Waals surface area (Å²) in [5.74, 6) is -0.170. The summed E-state index contributed by atoms with van der Waals surface area (Å²) in [5.41, 5.74) is 4.46. The van der Waals surface area contributed by atoms with Gasteiger partial charge in [-0.25, -0.2) is 19.3 Å². The van der Waals surface area contributed by atoms with Crippen LogP contribution in [0.3, 0.4) is 0 Å². The number of aromatic nitrogens is 8. The van der Waals surface area contributed by atoms with Gasteiger partial charge in [-0.2, -0.15) is 10.2 Å². The molecule has 0 bridgehead atoms. The smallest absolute Gasteiger partial charge is 0.170 e. The summed E-state index contributed by atoms with van der Waals surface area (Å²) in [5, 5.41) is 32.6. The summed E-state index contributed by atoms with van der Waals surface area (Å²) in [6, 6.07) is 3.81. The molecule has 2 N–H and O–H groups in total. The fraction of sp³-hybridized carbons (Fsp3) is 0.182. The second-order valence-electron chi connectivity index (χ2n) is 7.71. The van der Waals surface area contributed by atoms with Crippen LogP contribution in [0.4, 0.5) is 0 Å². The average molecular weight is 430 g/mol. The van der Waals surface area contributed by atoms with Crippen LogP contribution in [0.2, 0.25) is 0 Å². The molecule has 4 aromatic heterocycles. The molecule has 0 aliphatic rings. The predicted octanol–water partition coefficient (Wildman–Crippen LogP) is 3.07. The molecule has 162 valence electrons. The van der Waals surface area contributed by atoms with Gasteiger partial charge in [0.2, 0.25) is 0 Å². The SMILES string of the molecule is Cc1cc(C)n(-c2c(O)c(-n3ccnc3)c(-n3ccnc3)c(O)c2-n2nc(C)cc2C)n1.